The summed E-state index contributed by atoms with van der Waals surface area (Å²) in [5.41, 5.74) is 1.30. The van der Waals surface area contributed by atoms with Crippen LogP contribution in [0.2, 0.25) is 0 Å². The third kappa shape index (κ3) is 3.14. The van der Waals surface area contributed by atoms with Crippen LogP contribution in [0.15, 0.2) is 24.3 Å². The molecule has 1 aliphatic rings. The molecule has 1 N–H and O–H groups in total. The molecule has 1 aliphatic carbocycles. The predicted molar refractivity (Wildman–Crippen MR) is 81.0 cm³/mol. The molecule has 1 aromatic carbocycles. The molecule has 0 aromatic heterocycles. The summed E-state index contributed by atoms with van der Waals surface area (Å²) in [4.78, 5) is 11.9. The van der Waals surface area contributed by atoms with Crippen LogP contribution in [0.3, 0.4) is 0 Å². The van der Waals surface area contributed by atoms with Crippen LogP contribution in [0.4, 0.5) is 0 Å². The molecule has 0 unspecified atom stereocenters. The first-order valence-electron chi connectivity index (χ1n) is 7.47. The number of nitrogens with one attached hydrogen (secondary N) is 1. The van der Waals surface area contributed by atoms with Gasteiger partial charge in [-0.15, -0.1) is 0 Å². The zero-order valence-corrected chi connectivity index (χ0v) is 12.7. The van der Waals surface area contributed by atoms with E-state index in [1.165, 1.54) is 12.0 Å². The van der Waals surface area contributed by atoms with Crippen LogP contribution in [-0.4, -0.2) is 19.6 Å². The van der Waals surface area contributed by atoms with Crippen molar-refractivity contribution in [3.8, 4) is 5.75 Å². The van der Waals surface area contributed by atoms with Crippen LogP contribution >= 0.6 is 0 Å². The van der Waals surface area contributed by atoms with Gasteiger partial charge in [0, 0.05) is 23.9 Å². The molecule has 20 heavy (non-hydrogen) atoms. The van der Waals surface area contributed by atoms with Crippen molar-refractivity contribution in [1.29, 1.82) is 0 Å². The summed E-state index contributed by atoms with van der Waals surface area (Å²) >= 11 is 0. The number of para-hydroxylation sites is 1. The Kier molecular flexibility index (Phi) is 4.69. The van der Waals surface area contributed by atoms with Gasteiger partial charge in [0.2, 0.25) is 5.91 Å². The summed E-state index contributed by atoms with van der Waals surface area (Å²) in [5, 5.41) is 3.11. The number of hydrogen-bond donors (Lipinski definition) is 1. The number of benzene rings is 1. The van der Waals surface area contributed by atoms with E-state index in [1.54, 1.807) is 7.11 Å². The average molecular weight is 275 g/mol. The van der Waals surface area contributed by atoms with Gasteiger partial charge in [0.25, 0.3) is 0 Å². The Morgan fingerprint density at radius 1 is 1.35 bits per heavy atom. The van der Waals surface area contributed by atoms with E-state index in [-0.39, 0.29) is 11.3 Å². The fourth-order valence-corrected chi connectivity index (χ4v) is 2.94. The van der Waals surface area contributed by atoms with Crippen LogP contribution in [0.25, 0.3) is 0 Å². The maximum Gasteiger partial charge on any atom is 0.220 e. The zero-order chi connectivity index (χ0) is 14.6. The van der Waals surface area contributed by atoms with Crippen molar-refractivity contribution in [2.75, 3.05) is 13.7 Å². The van der Waals surface area contributed by atoms with Gasteiger partial charge in [-0.05, 0) is 24.8 Å². The second kappa shape index (κ2) is 6.29. The van der Waals surface area contributed by atoms with Gasteiger partial charge in [0.1, 0.15) is 5.75 Å². The first-order chi connectivity index (χ1) is 9.57. The van der Waals surface area contributed by atoms with Crippen LogP contribution < -0.4 is 10.1 Å². The fraction of sp³-hybridized carbons (Fsp3) is 0.588. The summed E-state index contributed by atoms with van der Waals surface area (Å²) < 4.78 is 5.49. The molecule has 3 heteroatoms. The van der Waals surface area contributed by atoms with E-state index < -0.39 is 0 Å². The molecule has 0 saturated heterocycles. The van der Waals surface area contributed by atoms with Gasteiger partial charge >= 0.3 is 0 Å². The van der Waals surface area contributed by atoms with E-state index in [4.69, 9.17) is 4.74 Å². The average Bonchev–Trinajstić information content (AvgIpc) is 2.37. The topological polar surface area (TPSA) is 38.3 Å². The quantitative estimate of drug-likeness (QED) is 0.865. The van der Waals surface area contributed by atoms with Crippen molar-refractivity contribution in [3.05, 3.63) is 29.8 Å². The lowest BCUT2D eigenvalue weighted by atomic mass is 9.64. The molecule has 0 heterocycles. The molecule has 110 valence electrons. The van der Waals surface area contributed by atoms with Crippen molar-refractivity contribution in [1.82, 2.24) is 5.32 Å². The fourth-order valence-electron chi connectivity index (χ4n) is 2.94. The summed E-state index contributed by atoms with van der Waals surface area (Å²) in [6.45, 7) is 4.86. The zero-order valence-electron chi connectivity index (χ0n) is 12.7. The predicted octanol–water partition coefficient (Wildman–Crippen LogP) is 3.28. The first kappa shape index (κ1) is 14.9. The molecule has 0 aliphatic heterocycles. The Balaban J connectivity index is 2.08. The Morgan fingerprint density at radius 3 is 2.60 bits per heavy atom. The molecule has 3 nitrogen and oxygen atoms in total. The summed E-state index contributed by atoms with van der Waals surface area (Å²) in [6.07, 6.45) is 4.06. The van der Waals surface area contributed by atoms with Gasteiger partial charge < -0.3 is 10.1 Å². The van der Waals surface area contributed by atoms with Gasteiger partial charge in [0.15, 0.2) is 0 Å². The third-order valence-electron chi connectivity index (χ3n) is 4.21. The molecular weight excluding hydrogens is 250 g/mol. The number of ether oxygens (including phenoxy) is 1. The Labute approximate surface area is 121 Å². The number of methoxy groups -OCH3 is 1. The van der Waals surface area contributed by atoms with Crippen molar-refractivity contribution in [2.45, 2.75) is 44.9 Å². The van der Waals surface area contributed by atoms with Crippen LogP contribution in [0, 0.1) is 5.92 Å². The molecule has 1 saturated carbocycles. The monoisotopic (exact) mass is 275 g/mol. The van der Waals surface area contributed by atoms with E-state index in [0.29, 0.717) is 12.3 Å². The molecule has 0 spiro atoms. The van der Waals surface area contributed by atoms with Gasteiger partial charge in [-0.25, -0.2) is 0 Å². The molecule has 0 bridgehead atoms. The summed E-state index contributed by atoms with van der Waals surface area (Å²) in [7, 11) is 1.71. The van der Waals surface area contributed by atoms with Crippen molar-refractivity contribution in [3.63, 3.8) is 0 Å². The SMILES string of the molecule is COc1ccccc1C1(CNC(=O)CC(C)C)CCC1. The lowest BCUT2D eigenvalue weighted by Crippen LogP contribution is -2.45. The second-order valence-electron chi connectivity index (χ2n) is 6.21. The lowest BCUT2D eigenvalue weighted by molar-refractivity contribution is -0.122. The molecule has 0 atom stereocenters. The van der Waals surface area contributed by atoms with E-state index in [0.717, 1.165) is 25.1 Å². The van der Waals surface area contributed by atoms with Gasteiger partial charge in [0.05, 0.1) is 7.11 Å². The van der Waals surface area contributed by atoms with E-state index >= 15 is 0 Å². The van der Waals surface area contributed by atoms with E-state index in [9.17, 15) is 4.79 Å². The van der Waals surface area contributed by atoms with Crippen molar-refractivity contribution >= 4 is 5.91 Å². The molecule has 1 aromatic rings. The molecule has 0 radical (unpaired) electrons. The second-order valence-corrected chi connectivity index (χ2v) is 6.21. The molecule has 2 rings (SSSR count). The Hall–Kier alpha value is -1.51. The highest BCUT2D eigenvalue weighted by Crippen LogP contribution is 2.46. The van der Waals surface area contributed by atoms with E-state index in [1.807, 2.05) is 18.2 Å². The maximum atomic E-state index is 11.9. The third-order valence-corrected chi connectivity index (χ3v) is 4.21. The number of carbonyl (C=O) groups is 1. The Morgan fingerprint density at radius 2 is 2.05 bits per heavy atom. The number of carbonyl (C=O) groups excluding carboxylic acids is 1. The Bertz CT molecular complexity index is 464. The number of hydrogen-bond acceptors (Lipinski definition) is 2. The standard InChI is InChI=1S/C17H25NO2/c1-13(2)11-16(19)18-12-17(9-6-10-17)14-7-4-5-8-15(14)20-3/h4-5,7-8,13H,6,9-12H2,1-3H3,(H,18,19). The van der Waals surface area contributed by atoms with Crippen LogP contribution in [-0.2, 0) is 10.2 Å². The van der Waals surface area contributed by atoms with Gasteiger partial charge in [-0.1, -0.05) is 38.5 Å². The van der Waals surface area contributed by atoms with Gasteiger partial charge in [-0.3, -0.25) is 4.79 Å². The summed E-state index contributed by atoms with van der Waals surface area (Å²) in [6, 6.07) is 8.18. The van der Waals surface area contributed by atoms with Crippen LogP contribution in [0.5, 0.6) is 5.75 Å². The highest BCUT2D eigenvalue weighted by molar-refractivity contribution is 5.76. The van der Waals surface area contributed by atoms with Crippen molar-refractivity contribution < 1.29 is 9.53 Å². The minimum Gasteiger partial charge on any atom is -0.496 e. The first-order valence-corrected chi connectivity index (χ1v) is 7.47. The number of amides is 1. The molecular formula is C17H25NO2. The van der Waals surface area contributed by atoms with Gasteiger partial charge in [-0.2, -0.15) is 0 Å². The highest BCUT2D eigenvalue weighted by atomic mass is 16.5. The van der Waals surface area contributed by atoms with Crippen LogP contribution in [0.1, 0.15) is 45.1 Å². The molecule has 1 fully saturated rings. The normalized spacial score (nSPS) is 16.6. The molecule has 1 amide bonds. The minimum absolute atomic E-state index is 0.0687. The van der Waals surface area contributed by atoms with Crippen molar-refractivity contribution in [2.24, 2.45) is 5.92 Å². The highest BCUT2D eigenvalue weighted by Gasteiger charge is 2.40. The minimum atomic E-state index is 0.0687. The summed E-state index contributed by atoms with van der Waals surface area (Å²) in [5.74, 6) is 1.49. The number of rotatable bonds is 6. The smallest absolute Gasteiger partial charge is 0.220 e. The maximum absolute atomic E-state index is 11.9. The lowest BCUT2D eigenvalue weighted by Gasteiger charge is -2.43. The van der Waals surface area contributed by atoms with E-state index in [2.05, 4.69) is 25.2 Å². The largest absolute Gasteiger partial charge is 0.496 e.